The van der Waals surface area contributed by atoms with E-state index in [-0.39, 0.29) is 23.4 Å². The number of hydrogen-bond donors (Lipinski definition) is 3. The summed E-state index contributed by atoms with van der Waals surface area (Å²) < 4.78 is 0. The maximum absolute atomic E-state index is 12.9. The van der Waals surface area contributed by atoms with Crippen LogP contribution in [0.4, 0.5) is 5.69 Å². The topological polar surface area (TPSA) is 108 Å². The van der Waals surface area contributed by atoms with Gasteiger partial charge in [0.15, 0.2) is 0 Å². The van der Waals surface area contributed by atoms with Gasteiger partial charge in [0.1, 0.15) is 5.69 Å². The molecule has 0 bridgehead atoms. The van der Waals surface area contributed by atoms with E-state index in [1.54, 1.807) is 25.5 Å². The van der Waals surface area contributed by atoms with Crippen molar-refractivity contribution in [3.63, 3.8) is 0 Å². The Morgan fingerprint density at radius 3 is 2.61 bits per heavy atom. The fourth-order valence-corrected chi connectivity index (χ4v) is 4.13. The van der Waals surface area contributed by atoms with Crippen molar-refractivity contribution in [3.05, 3.63) is 72.4 Å². The van der Waals surface area contributed by atoms with Crippen LogP contribution >= 0.6 is 0 Å². The van der Waals surface area contributed by atoms with Crippen molar-refractivity contribution in [2.24, 2.45) is 5.92 Å². The lowest BCUT2D eigenvalue weighted by Crippen LogP contribution is -2.49. The van der Waals surface area contributed by atoms with Crippen LogP contribution in [0, 0.1) is 5.92 Å². The fourth-order valence-electron chi connectivity index (χ4n) is 4.13. The van der Waals surface area contributed by atoms with Gasteiger partial charge in [-0.25, -0.2) is 4.98 Å². The van der Waals surface area contributed by atoms with Gasteiger partial charge in [0, 0.05) is 11.8 Å². The summed E-state index contributed by atoms with van der Waals surface area (Å²) in [6.07, 6.45) is 6.59. The van der Waals surface area contributed by atoms with Crippen LogP contribution in [0.15, 0.2) is 61.2 Å². The van der Waals surface area contributed by atoms with E-state index in [0.717, 1.165) is 11.1 Å². The number of carbonyl (C=O) groups excluding carboxylic acids is 1. The van der Waals surface area contributed by atoms with Crippen molar-refractivity contribution in [1.29, 1.82) is 0 Å². The van der Waals surface area contributed by atoms with Crippen LogP contribution in [-0.2, 0) is 0 Å². The molecule has 4 rings (SSSR count). The van der Waals surface area contributed by atoms with Gasteiger partial charge in [-0.15, -0.1) is 0 Å². The first kappa shape index (κ1) is 21.1. The minimum atomic E-state index is -1.12. The summed E-state index contributed by atoms with van der Waals surface area (Å²) in [6, 6.07) is 11.4. The molecular weight excluding hydrogens is 392 g/mol. The number of aliphatic hydroxyl groups excluding tert-OH is 1. The highest BCUT2D eigenvalue weighted by Crippen LogP contribution is 2.43. The Kier molecular flexibility index (Phi) is 5.80. The smallest absolute Gasteiger partial charge is 0.275 e. The number of hydrogen-bond acceptors (Lipinski definition) is 6. The first-order valence-electron chi connectivity index (χ1n) is 10.4. The zero-order valence-electron chi connectivity index (χ0n) is 17.6. The third kappa shape index (κ3) is 4.33. The van der Waals surface area contributed by atoms with Crippen molar-refractivity contribution >= 4 is 11.6 Å². The molecule has 1 aliphatic rings. The maximum Gasteiger partial charge on any atom is 0.275 e. The van der Waals surface area contributed by atoms with Gasteiger partial charge in [-0.2, -0.15) is 0 Å². The molecule has 1 aliphatic carbocycles. The first-order chi connectivity index (χ1) is 14.9. The number of rotatable bonds is 4. The second kappa shape index (κ2) is 8.53. The minimum Gasteiger partial charge on any atom is -0.390 e. The Hall–Kier alpha value is -3.16. The van der Waals surface area contributed by atoms with Crippen molar-refractivity contribution < 1.29 is 15.0 Å². The normalized spacial score (nSPS) is 25.7. The lowest BCUT2D eigenvalue weighted by Gasteiger charge is -2.43. The third-order valence-electron chi connectivity index (χ3n) is 6.30. The van der Waals surface area contributed by atoms with Crippen LogP contribution in [0.3, 0.4) is 0 Å². The van der Waals surface area contributed by atoms with E-state index >= 15 is 0 Å². The molecule has 7 heteroatoms. The van der Waals surface area contributed by atoms with Crippen LogP contribution < -0.4 is 5.32 Å². The first-order valence-corrected chi connectivity index (χ1v) is 10.4. The number of nitrogens with zero attached hydrogens (tertiary/aromatic N) is 3. The van der Waals surface area contributed by atoms with E-state index in [2.05, 4.69) is 20.3 Å². The number of benzene rings is 1. The molecule has 31 heavy (non-hydrogen) atoms. The zero-order chi connectivity index (χ0) is 22.0. The summed E-state index contributed by atoms with van der Waals surface area (Å²) in [6.45, 7) is 3.60. The Morgan fingerprint density at radius 2 is 1.87 bits per heavy atom. The number of carbonyl (C=O) groups is 1. The molecule has 4 atom stereocenters. The van der Waals surface area contributed by atoms with Crippen LogP contribution in [0.25, 0.3) is 11.3 Å². The van der Waals surface area contributed by atoms with Crippen molar-refractivity contribution in [2.45, 2.75) is 44.3 Å². The van der Waals surface area contributed by atoms with Gasteiger partial charge in [0.05, 0.1) is 41.7 Å². The lowest BCUT2D eigenvalue weighted by molar-refractivity contribution is -0.123. The van der Waals surface area contributed by atoms with Crippen LogP contribution in [0.1, 0.15) is 48.7 Å². The van der Waals surface area contributed by atoms with Gasteiger partial charge >= 0.3 is 0 Å². The predicted molar refractivity (Wildman–Crippen MR) is 117 cm³/mol. The third-order valence-corrected chi connectivity index (χ3v) is 6.30. The van der Waals surface area contributed by atoms with Crippen LogP contribution in [0.2, 0.25) is 0 Å². The molecule has 2 heterocycles. The summed E-state index contributed by atoms with van der Waals surface area (Å²) in [7, 11) is 0. The summed E-state index contributed by atoms with van der Waals surface area (Å²) in [4.78, 5) is 25.7. The molecule has 1 amide bonds. The molecule has 0 spiro atoms. The Labute approximate surface area is 181 Å². The average molecular weight is 418 g/mol. The number of nitrogens with one attached hydrogen (secondary N) is 1. The second-order valence-electron chi connectivity index (χ2n) is 8.38. The number of anilines is 1. The van der Waals surface area contributed by atoms with Crippen molar-refractivity contribution in [1.82, 2.24) is 15.0 Å². The number of amides is 1. The molecule has 2 aromatic heterocycles. The second-order valence-corrected chi connectivity index (χ2v) is 8.38. The highest BCUT2D eigenvalue weighted by Gasteiger charge is 2.43. The number of pyridine rings is 1. The molecule has 0 saturated heterocycles. The quantitative estimate of drug-likeness (QED) is 0.599. The van der Waals surface area contributed by atoms with E-state index < -0.39 is 11.7 Å². The van der Waals surface area contributed by atoms with E-state index in [0.29, 0.717) is 24.2 Å². The minimum absolute atomic E-state index is 0.00902. The molecule has 7 nitrogen and oxygen atoms in total. The molecule has 0 radical (unpaired) electrons. The zero-order valence-corrected chi connectivity index (χ0v) is 17.6. The van der Waals surface area contributed by atoms with Crippen LogP contribution in [0.5, 0.6) is 0 Å². The summed E-state index contributed by atoms with van der Waals surface area (Å²) in [5, 5.41) is 23.9. The van der Waals surface area contributed by atoms with E-state index in [1.807, 2.05) is 43.3 Å². The summed E-state index contributed by atoms with van der Waals surface area (Å²) in [5.74, 6) is -0.479. The molecule has 3 N–H and O–H groups in total. The highest BCUT2D eigenvalue weighted by molar-refractivity contribution is 6.03. The van der Waals surface area contributed by atoms with Crippen molar-refractivity contribution in [2.75, 3.05) is 5.32 Å². The Morgan fingerprint density at radius 1 is 1.10 bits per heavy atom. The molecule has 160 valence electrons. The molecule has 1 aromatic carbocycles. The predicted octanol–water partition coefficient (Wildman–Crippen LogP) is 3.42. The molecular formula is C24H26N4O3. The highest BCUT2D eigenvalue weighted by atomic mass is 16.3. The summed E-state index contributed by atoms with van der Waals surface area (Å²) >= 11 is 0. The van der Waals surface area contributed by atoms with E-state index in [1.165, 1.54) is 6.20 Å². The lowest BCUT2D eigenvalue weighted by atomic mass is 9.69. The standard InChI is InChI=1S/C24H26N4O3/c1-15-10-17(11-22(29)24(15,2)31)18-8-9-25-13-20(18)28-23(30)21-14-26-12-19(27-21)16-6-4-3-5-7-16/h3-9,12-15,17,22,29,31H,10-11H2,1-2H3,(H,28,30)/t15-,17+,22+,24+/m0/s1. The molecule has 1 fully saturated rings. The Bertz CT molecular complexity index is 1060. The summed E-state index contributed by atoms with van der Waals surface area (Å²) in [5.41, 5.74) is 2.04. The molecule has 0 unspecified atom stereocenters. The van der Waals surface area contributed by atoms with Gasteiger partial charge in [0.2, 0.25) is 0 Å². The SMILES string of the molecule is C[C@H]1C[C@@H](c2ccncc2NC(=O)c2cncc(-c3ccccc3)n2)C[C@@H](O)[C@]1(C)O. The van der Waals surface area contributed by atoms with Gasteiger partial charge < -0.3 is 15.5 Å². The van der Waals surface area contributed by atoms with Gasteiger partial charge in [-0.05, 0) is 43.2 Å². The van der Waals surface area contributed by atoms with E-state index in [4.69, 9.17) is 0 Å². The van der Waals surface area contributed by atoms with Crippen LogP contribution in [-0.4, -0.2) is 42.8 Å². The number of aromatic nitrogens is 3. The number of aliphatic hydroxyl groups is 2. The molecule has 1 saturated carbocycles. The fraction of sp³-hybridized carbons (Fsp3) is 0.333. The van der Waals surface area contributed by atoms with Gasteiger partial charge in [0.25, 0.3) is 5.91 Å². The van der Waals surface area contributed by atoms with Crippen molar-refractivity contribution in [3.8, 4) is 11.3 Å². The maximum atomic E-state index is 12.9. The average Bonchev–Trinajstić information content (AvgIpc) is 2.78. The largest absolute Gasteiger partial charge is 0.390 e. The molecule has 3 aromatic rings. The van der Waals surface area contributed by atoms with E-state index in [9.17, 15) is 15.0 Å². The Balaban J connectivity index is 1.57. The van der Waals surface area contributed by atoms with Gasteiger partial charge in [-0.3, -0.25) is 14.8 Å². The van der Waals surface area contributed by atoms with Gasteiger partial charge in [-0.1, -0.05) is 37.3 Å². The molecule has 0 aliphatic heterocycles. The monoisotopic (exact) mass is 418 g/mol.